The molecule has 0 spiro atoms. The first kappa shape index (κ1) is 26.8. The third kappa shape index (κ3) is 7.09. The summed E-state index contributed by atoms with van der Waals surface area (Å²) < 4.78 is 37.4. The number of amides is 1. The minimum atomic E-state index is -3.51. The number of nitrogens with zero attached hydrogens (tertiary/aromatic N) is 2. The van der Waals surface area contributed by atoms with Gasteiger partial charge in [0.15, 0.2) is 0 Å². The third-order valence-corrected chi connectivity index (χ3v) is 6.68. The molecule has 3 atom stereocenters. The molecule has 0 aromatic heterocycles. The van der Waals surface area contributed by atoms with Crippen molar-refractivity contribution in [2.75, 3.05) is 44.8 Å². The molecule has 35 heavy (non-hydrogen) atoms. The summed E-state index contributed by atoms with van der Waals surface area (Å²) in [5.41, 5.74) is 1.67. The minimum Gasteiger partial charge on any atom is -0.497 e. The van der Waals surface area contributed by atoms with Crippen molar-refractivity contribution in [1.82, 2.24) is 9.80 Å². The first-order valence-electron chi connectivity index (χ1n) is 11.5. The van der Waals surface area contributed by atoms with E-state index < -0.39 is 16.1 Å². The molecule has 0 radical (unpaired) electrons. The average Bonchev–Trinajstić information content (AvgIpc) is 2.80. The summed E-state index contributed by atoms with van der Waals surface area (Å²) in [5.74, 6) is 0.861. The Morgan fingerprint density at radius 2 is 1.94 bits per heavy atom. The SMILES string of the molecule is COc1ccc(CN(C)C[C@@H]2Oc3ccc(NS(C)(=O)=O)cc3C(=O)N([C@@H](C)CO)C[C@@H]2C)cc1. The van der Waals surface area contributed by atoms with Gasteiger partial charge in [-0.2, -0.15) is 0 Å². The van der Waals surface area contributed by atoms with Gasteiger partial charge in [0.05, 0.1) is 31.6 Å². The highest BCUT2D eigenvalue weighted by Crippen LogP contribution is 2.31. The van der Waals surface area contributed by atoms with E-state index in [1.807, 2.05) is 38.2 Å². The van der Waals surface area contributed by atoms with Crippen LogP contribution in [0.4, 0.5) is 5.69 Å². The van der Waals surface area contributed by atoms with Crippen LogP contribution >= 0.6 is 0 Å². The van der Waals surface area contributed by atoms with Gasteiger partial charge in [-0.15, -0.1) is 0 Å². The molecule has 0 saturated heterocycles. The maximum absolute atomic E-state index is 13.4. The predicted octanol–water partition coefficient (Wildman–Crippen LogP) is 2.42. The Morgan fingerprint density at radius 1 is 1.26 bits per heavy atom. The first-order valence-corrected chi connectivity index (χ1v) is 13.4. The summed E-state index contributed by atoms with van der Waals surface area (Å²) in [7, 11) is 0.137. The number of fused-ring (bicyclic) bond motifs is 1. The number of ether oxygens (including phenoxy) is 2. The molecule has 2 N–H and O–H groups in total. The van der Waals surface area contributed by atoms with E-state index in [-0.39, 0.29) is 35.8 Å². The van der Waals surface area contributed by atoms with Gasteiger partial charge in [-0.05, 0) is 49.9 Å². The van der Waals surface area contributed by atoms with Crippen LogP contribution in [-0.4, -0.2) is 81.5 Å². The van der Waals surface area contributed by atoms with Crippen molar-refractivity contribution < 1.29 is 27.8 Å². The monoisotopic (exact) mass is 505 g/mol. The molecule has 0 bridgehead atoms. The number of benzene rings is 2. The molecule has 2 aromatic rings. The van der Waals surface area contributed by atoms with E-state index in [0.29, 0.717) is 25.4 Å². The van der Waals surface area contributed by atoms with Crippen molar-refractivity contribution in [3.8, 4) is 11.5 Å². The van der Waals surface area contributed by atoms with Crippen LogP contribution in [0.25, 0.3) is 0 Å². The van der Waals surface area contributed by atoms with E-state index in [1.54, 1.807) is 31.1 Å². The zero-order valence-corrected chi connectivity index (χ0v) is 21.7. The van der Waals surface area contributed by atoms with Gasteiger partial charge >= 0.3 is 0 Å². The molecular weight excluding hydrogens is 470 g/mol. The summed E-state index contributed by atoms with van der Waals surface area (Å²) in [6.45, 7) is 5.33. The van der Waals surface area contributed by atoms with Crippen LogP contribution in [0.3, 0.4) is 0 Å². The quantitative estimate of drug-likeness (QED) is 0.539. The molecule has 1 aliphatic rings. The van der Waals surface area contributed by atoms with Crippen molar-refractivity contribution in [2.24, 2.45) is 5.92 Å². The lowest BCUT2D eigenvalue weighted by atomic mass is 9.99. The molecule has 10 heteroatoms. The lowest BCUT2D eigenvalue weighted by Gasteiger charge is -2.38. The first-order chi connectivity index (χ1) is 16.5. The number of hydrogen-bond acceptors (Lipinski definition) is 7. The van der Waals surface area contributed by atoms with Crippen LogP contribution in [0.1, 0.15) is 29.8 Å². The second-order valence-electron chi connectivity index (χ2n) is 9.25. The average molecular weight is 506 g/mol. The number of aliphatic hydroxyl groups excluding tert-OH is 1. The number of nitrogens with one attached hydrogen (secondary N) is 1. The molecule has 0 aliphatic carbocycles. The number of likely N-dealkylation sites (N-methyl/N-ethyl adjacent to an activating group) is 1. The molecule has 0 unspecified atom stereocenters. The van der Waals surface area contributed by atoms with Crippen LogP contribution in [0.15, 0.2) is 42.5 Å². The molecule has 1 aliphatic heterocycles. The minimum absolute atomic E-state index is 0.0201. The molecule has 192 valence electrons. The maximum atomic E-state index is 13.4. The Morgan fingerprint density at radius 3 is 2.54 bits per heavy atom. The summed E-state index contributed by atoms with van der Waals surface area (Å²) >= 11 is 0. The van der Waals surface area contributed by atoms with Crippen LogP contribution in [-0.2, 0) is 16.6 Å². The number of rotatable bonds is 9. The van der Waals surface area contributed by atoms with Crippen molar-refractivity contribution in [1.29, 1.82) is 0 Å². The van der Waals surface area contributed by atoms with E-state index in [2.05, 4.69) is 9.62 Å². The van der Waals surface area contributed by atoms with Crippen molar-refractivity contribution >= 4 is 21.6 Å². The van der Waals surface area contributed by atoms with E-state index in [9.17, 15) is 18.3 Å². The van der Waals surface area contributed by atoms with Gasteiger partial charge in [-0.3, -0.25) is 14.4 Å². The molecule has 1 amide bonds. The normalized spacial score (nSPS) is 19.4. The Kier molecular flexibility index (Phi) is 8.63. The Hall–Kier alpha value is -2.82. The maximum Gasteiger partial charge on any atom is 0.258 e. The van der Waals surface area contributed by atoms with E-state index in [4.69, 9.17) is 9.47 Å². The number of carbonyl (C=O) groups excluding carboxylic acids is 1. The molecule has 0 fully saturated rings. The lowest BCUT2D eigenvalue weighted by Crippen LogP contribution is -2.49. The highest BCUT2D eigenvalue weighted by atomic mass is 32.2. The Balaban J connectivity index is 1.88. The number of hydrogen-bond donors (Lipinski definition) is 2. The highest BCUT2D eigenvalue weighted by Gasteiger charge is 2.33. The fraction of sp³-hybridized carbons (Fsp3) is 0.480. The van der Waals surface area contributed by atoms with Crippen LogP contribution in [0.2, 0.25) is 0 Å². The zero-order chi connectivity index (χ0) is 25.8. The number of sulfonamides is 1. The molecule has 3 rings (SSSR count). The second-order valence-corrected chi connectivity index (χ2v) is 11.0. The third-order valence-electron chi connectivity index (χ3n) is 6.07. The predicted molar refractivity (Wildman–Crippen MR) is 135 cm³/mol. The van der Waals surface area contributed by atoms with Gasteiger partial charge in [-0.25, -0.2) is 8.42 Å². The molecule has 1 heterocycles. The topological polar surface area (TPSA) is 108 Å². The van der Waals surface area contributed by atoms with E-state index in [0.717, 1.165) is 17.6 Å². The van der Waals surface area contributed by atoms with Gasteiger partial charge in [0.2, 0.25) is 10.0 Å². The smallest absolute Gasteiger partial charge is 0.258 e. The lowest BCUT2D eigenvalue weighted by molar-refractivity contribution is 0.0341. The van der Waals surface area contributed by atoms with Gasteiger partial charge in [0.25, 0.3) is 5.91 Å². The Labute approximate surface area is 207 Å². The molecule has 2 aromatic carbocycles. The molecule has 0 saturated carbocycles. The summed E-state index contributed by atoms with van der Waals surface area (Å²) in [6.07, 6.45) is 0.811. The fourth-order valence-corrected chi connectivity index (χ4v) is 4.69. The number of anilines is 1. The molecule has 9 nitrogen and oxygen atoms in total. The van der Waals surface area contributed by atoms with Crippen LogP contribution < -0.4 is 14.2 Å². The van der Waals surface area contributed by atoms with Crippen molar-refractivity contribution in [3.63, 3.8) is 0 Å². The van der Waals surface area contributed by atoms with Gasteiger partial charge in [0.1, 0.15) is 17.6 Å². The fourth-order valence-electron chi connectivity index (χ4n) is 4.13. The van der Waals surface area contributed by atoms with Gasteiger partial charge < -0.3 is 19.5 Å². The van der Waals surface area contributed by atoms with Crippen molar-refractivity contribution in [3.05, 3.63) is 53.6 Å². The zero-order valence-electron chi connectivity index (χ0n) is 20.9. The summed E-state index contributed by atoms with van der Waals surface area (Å²) in [5, 5.41) is 9.79. The molecular formula is C25H35N3O6S. The van der Waals surface area contributed by atoms with Gasteiger partial charge in [-0.1, -0.05) is 19.1 Å². The number of carbonyl (C=O) groups is 1. The largest absolute Gasteiger partial charge is 0.497 e. The standard InChI is InChI=1S/C25H35N3O6S/c1-17-13-28(18(2)16-29)25(30)22-12-20(26-35(5,31)32)8-11-23(22)34-24(17)15-27(3)14-19-6-9-21(33-4)10-7-19/h6-12,17-18,24,26,29H,13-16H2,1-5H3/t17-,18-,24-/m0/s1. The summed E-state index contributed by atoms with van der Waals surface area (Å²) in [4.78, 5) is 17.2. The number of aliphatic hydroxyl groups is 1. The summed E-state index contributed by atoms with van der Waals surface area (Å²) in [6, 6.07) is 12.2. The van der Waals surface area contributed by atoms with Crippen LogP contribution in [0.5, 0.6) is 11.5 Å². The van der Waals surface area contributed by atoms with E-state index in [1.165, 1.54) is 6.07 Å². The second kappa shape index (κ2) is 11.3. The van der Waals surface area contributed by atoms with Gasteiger partial charge in [0, 0.05) is 31.2 Å². The highest BCUT2D eigenvalue weighted by molar-refractivity contribution is 7.92. The Bertz CT molecular complexity index is 1120. The van der Waals surface area contributed by atoms with E-state index >= 15 is 0 Å². The van der Waals surface area contributed by atoms with Crippen molar-refractivity contribution in [2.45, 2.75) is 32.5 Å². The van der Waals surface area contributed by atoms with Crippen LogP contribution in [0, 0.1) is 5.92 Å². The number of methoxy groups -OCH3 is 1.